The van der Waals surface area contributed by atoms with Gasteiger partial charge in [-0.3, -0.25) is 4.90 Å². The van der Waals surface area contributed by atoms with Crippen molar-refractivity contribution < 1.29 is 0 Å². The van der Waals surface area contributed by atoms with Gasteiger partial charge in [-0.15, -0.1) is 10.2 Å². The second-order valence-electron chi connectivity index (χ2n) is 7.13. The van der Waals surface area contributed by atoms with Gasteiger partial charge in [-0.2, -0.15) is 0 Å². The van der Waals surface area contributed by atoms with Gasteiger partial charge in [-0.25, -0.2) is 0 Å². The van der Waals surface area contributed by atoms with Gasteiger partial charge in [0.05, 0.1) is 6.04 Å². The van der Waals surface area contributed by atoms with Crippen LogP contribution in [0.2, 0.25) is 0 Å². The average molecular weight is 325 g/mol. The summed E-state index contributed by atoms with van der Waals surface area (Å²) in [6.45, 7) is 8.58. The van der Waals surface area contributed by atoms with Crippen molar-refractivity contribution in [3.63, 3.8) is 0 Å². The molecule has 1 aromatic heterocycles. The Morgan fingerprint density at radius 1 is 1.12 bits per heavy atom. The van der Waals surface area contributed by atoms with E-state index in [-0.39, 0.29) is 6.04 Å². The Bertz CT molecular complexity index is 690. The number of nitrogens with one attached hydrogen (secondary N) is 1. The van der Waals surface area contributed by atoms with Crippen LogP contribution in [-0.4, -0.2) is 39.3 Å². The molecule has 24 heavy (non-hydrogen) atoms. The molecule has 2 atom stereocenters. The van der Waals surface area contributed by atoms with E-state index in [9.17, 15) is 0 Å². The summed E-state index contributed by atoms with van der Waals surface area (Å²) in [5, 5.41) is 12.6. The molecular weight excluding hydrogens is 298 g/mol. The van der Waals surface area contributed by atoms with Crippen LogP contribution in [0.4, 0.5) is 0 Å². The van der Waals surface area contributed by atoms with Crippen molar-refractivity contribution in [1.82, 2.24) is 25.0 Å². The first-order chi connectivity index (χ1) is 11.7. The van der Waals surface area contributed by atoms with E-state index in [1.165, 1.54) is 29.8 Å². The largest absolute Gasteiger partial charge is 0.314 e. The van der Waals surface area contributed by atoms with E-state index in [4.69, 9.17) is 0 Å². The van der Waals surface area contributed by atoms with E-state index in [2.05, 4.69) is 63.1 Å². The molecule has 2 unspecified atom stereocenters. The van der Waals surface area contributed by atoms with E-state index in [1.807, 2.05) is 0 Å². The lowest BCUT2D eigenvalue weighted by Gasteiger charge is -2.40. The van der Waals surface area contributed by atoms with E-state index in [0.717, 1.165) is 38.4 Å². The van der Waals surface area contributed by atoms with E-state index < -0.39 is 0 Å². The standard InChI is InChI=1S/C19H27N5/c1-14-6-8-16(9-7-14)17-13-20-10-12-23(17)15(2)19-22-21-18-5-3-4-11-24(18)19/h6-9,15,17,20H,3-5,10-13H2,1-2H3. The minimum absolute atomic E-state index is 0.290. The maximum atomic E-state index is 4.57. The number of aryl methyl sites for hydroxylation is 2. The van der Waals surface area contributed by atoms with Crippen molar-refractivity contribution in [2.75, 3.05) is 19.6 Å². The van der Waals surface area contributed by atoms with E-state index in [1.54, 1.807) is 0 Å². The fraction of sp³-hybridized carbons (Fsp3) is 0.579. The molecule has 4 rings (SSSR count). The van der Waals surface area contributed by atoms with Gasteiger partial charge < -0.3 is 9.88 Å². The summed E-state index contributed by atoms with van der Waals surface area (Å²) in [5.74, 6) is 2.31. The second-order valence-corrected chi connectivity index (χ2v) is 7.13. The Morgan fingerprint density at radius 3 is 2.79 bits per heavy atom. The first kappa shape index (κ1) is 15.8. The molecule has 1 saturated heterocycles. The normalized spacial score (nSPS) is 23.0. The van der Waals surface area contributed by atoms with Gasteiger partial charge in [0.25, 0.3) is 0 Å². The van der Waals surface area contributed by atoms with Crippen LogP contribution >= 0.6 is 0 Å². The van der Waals surface area contributed by atoms with Crippen molar-refractivity contribution in [3.05, 3.63) is 47.0 Å². The first-order valence-corrected chi connectivity index (χ1v) is 9.19. The average Bonchev–Trinajstić information content (AvgIpc) is 3.06. The highest BCUT2D eigenvalue weighted by molar-refractivity contribution is 5.25. The molecule has 0 saturated carbocycles. The summed E-state index contributed by atoms with van der Waals surface area (Å²) in [6.07, 6.45) is 3.56. The highest BCUT2D eigenvalue weighted by atomic mass is 15.3. The third-order valence-corrected chi connectivity index (χ3v) is 5.51. The molecule has 128 valence electrons. The molecule has 2 aliphatic heterocycles. The van der Waals surface area contributed by atoms with Crippen molar-refractivity contribution >= 4 is 0 Å². The molecule has 1 fully saturated rings. The van der Waals surface area contributed by atoms with Gasteiger partial charge in [0.2, 0.25) is 0 Å². The lowest BCUT2D eigenvalue weighted by molar-refractivity contribution is 0.107. The van der Waals surface area contributed by atoms with Gasteiger partial charge >= 0.3 is 0 Å². The van der Waals surface area contributed by atoms with Crippen LogP contribution in [-0.2, 0) is 13.0 Å². The summed E-state index contributed by atoms with van der Waals surface area (Å²) < 4.78 is 2.36. The molecular formula is C19H27N5. The Hall–Kier alpha value is -1.72. The number of aromatic nitrogens is 3. The molecule has 0 spiro atoms. The zero-order chi connectivity index (χ0) is 16.5. The Labute approximate surface area is 144 Å². The van der Waals surface area contributed by atoms with Crippen LogP contribution < -0.4 is 5.32 Å². The third kappa shape index (κ3) is 2.87. The van der Waals surface area contributed by atoms with Crippen LogP contribution in [0.25, 0.3) is 0 Å². The topological polar surface area (TPSA) is 46.0 Å². The quantitative estimate of drug-likeness (QED) is 0.942. The maximum absolute atomic E-state index is 4.57. The van der Waals surface area contributed by atoms with Gasteiger partial charge in [0, 0.05) is 38.6 Å². The Morgan fingerprint density at radius 2 is 1.96 bits per heavy atom. The minimum atomic E-state index is 0.290. The van der Waals surface area contributed by atoms with Gasteiger partial charge in [0.1, 0.15) is 11.6 Å². The van der Waals surface area contributed by atoms with Crippen molar-refractivity contribution in [3.8, 4) is 0 Å². The predicted octanol–water partition coefficient (Wildman–Crippen LogP) is 2.63. The number of nitrogens with zero attached hydrogens (tertiary/aromatic N) is 4. The van der Waals surface area contributed by atoms with Crippen molar-refractivity contribution in [2.45, 2.75) is 51.7 Å². The molecule has 0 aliphatic carbocycles. The van der Waals surface area contributed by atoms with Gasteiger partial charge in [-0.05, 0) is 32.3 Å². The highest BCUT2D eigenvalue weighted by Crippen LogP contribution is 2.32. The second kappa shape index (κ2) is 6.65. The SMILES string of the molecule is Cc1ccc(C2CNCCN2C(C)c2nnc3n2CCCC3)cc1. The van der Waals surface area contributed by atoms with Crippen LogP contribution in [0.1, 0.15) is 54.6 Å². The summed E-state index contributed by atoms with van der Waals surface area (Å²) >= 11 is 0. The lowest BCUT2D eigenvalue weighted by Crippen LogP contribution is -2.47. The fourth-order valence-electron chi connectivity index (χ4n) is 4.07. The molecule has 1 aromatic carbocycles. The molecule has 5 heteroatoms. The number of rotatable bonds is 3. The fourth-order valence-corrected chi connectivity index (χ4v) is 4.07. The third-order valence-electron chi connectivity index (χ3n) is 5.51. The molecule has 5 nitrogen and oxygen atoms in total. The van der Waals surface area contributed by atoms with Crippen LogP contribution in [0.15, 0.2) is 24.3 Å². The Balaban J connectivity index is 1.62. The zero-order valence-electron chi connectivity index (χ0n) is 14.7. The number of piperazine rings is 1. The van der Waals surface area contributed by atoms with Crippen LogP contribution in [0.3, 0.4) is 0 Å². The number of benzene rings is 1. The molecule has 3 heterocycles. The highest BCUT2D eigenvalue weighted by Gasteiger charge is 2.31. The number of hydrogen-bond donors (Lipinski definition) is 1. The zero-order valence-corrected chi connectivity index (χ0v) is 14.7. The summed E-state index contributed by atoms with van der Waals surface area (Å²) in [6, 6.07) is 9.65. The van der Waals surface area contributed by atoms with Gasteiger partial charge in [-0.1, -0.05) is 29.8 Å². The van der Waals surface area contributed by atoms with Crippen LogP contribution in [0, 0.1) is 6.92 Å². The van der Waals surface area contributed by atoms with E-state index in [0.29, 0.717) is 6.04 Å². The first-order valence-electron chi connectivity index (χ1n) is 9.19. The van der Waals surface area contributed by atoms with Crippen LogP contribution in [0.5, 0.6) is 0 Å². The summed E-state index contributed by atoms with van der Waals surface area (Å²) in [7, 11) is 0. The predicted molar refractivity (Wildman–Crippen MR) is 94.9 cm³/mol. The molecule has 1 N–H and O–H groups in total. The summed E-state index contributed by atoms with van der Waals surface area (Å²) in [5.41, 5.74) is 2.70. The maximum Gasteiger partial charge on any atom is 0.150 e. The van der Waals surface area contributed by atoms with Crippen molar-refractivity contribution in [2.24, 2.45) is 0 Å². The smallest absolute Gasteiger partial charge is 0.150 e. The summed E-state index contributed by atoms with van der Waals surface area (Å²) in [4.78, 5) is 2.59. The molecule has 0 radical (unpaired) electrons. The molecule has 2 aliphatic rings. The van der Waals surface area contributed by atoms with Crippen molar-refractivity contribution in [1.29, 1.82) is 0 Å². The molecule has 0 amide bonds. The monoisotopic (exact) mass is 325 g/mol. The van der Waals surface area contributed by atoms with E-state index >= 15 is 0 Å². The minimum Gasteiger partial charge on any atom is -0.314 e. The molecule has 0 bridgehead atoms. The number of hydrogen-bond acceptors (Lipinski definition) is 4. The van der Waals surface area contributed by atoms with Gasteiger partial charge in [0.15, 0.2) is 0 Å². The number of fused-ring (bicyclic) bond motifs is 1. The lowest BCUT2D eigenvalue weighted by atomic mass is 10.00. The Kier molecular flexibility index (Phi) is 4.37. The molecule has 2 aromatic rings.